The van der Waals surface area contributed by atoms with E-state index >= 15 is 0 Å². The number of halogens is 1. The molecule has 0 aliphatic rings. The molecule has 0 amide bonds. The van der Waals surface area contributed by atoms with Crippen LogP contribution in [0.5, 0.6) is 0 Å². The van der Waals surface area contributed by atoms with Crippen LogP contribution in [-0.2, 0) is 0 Å². The van der Waals surface area contributed by atoms with Gasteiger partial charge in [-0.15, -0.1) is 5.54 Å². The van der Waals surface area contributed by atoms with Crippen molar-refractivity contribution in [1.29, 1.82) is 5.26 Å². The van der Waals surface area contributed by atoms with Crippen molar-refractivity contribution in [2.24, 2.45) is 0 Å². The molecule has 0 bridgehead atoms. The van der Waals surface area contributed by atoms with E-state index in [2.05, 4.69) is 55.6 Å². The van der Waals surface area contributed by atoms with Crippen molar-refractivity contribution >= 4 is 19.4 Å². The first kappa shape index (κ1) is 24.0. The number of rotatable bonds is 4. The molecule has 0 unspecified atom stereocenters. The van der Waals surface area contributed by atoms with Gasteiger partial charge in [-0.1, -0.05) is 39.8 Å². The van der Waals surface area contributed by atoms with E-state index in [1.54, 1.807) is 0 Å². The molecular weight excluding hydrogens is 411 g/mol. The van der Waals surface area contributed by atoms with Gasteiger partial charge in [-0.05, 0) is 37.1 Å². The SMILES string of the molecule is CC(C)Nc1c(C#C[Si](C)(C)C(C)(C)C)cnc(-c2ccc(C#N)cc2F)c1[N+](=O)[O-]. The Hall–Kier alpha value is -3.23. The number of hydrogen-bond acceptors (Lipinski definition) is 5. The highest BCUT2D eigenvalue weighted by Crippen LogP contribution is 2.39. The highest BCUT2D eigenvalue weighted by atomic mass is 28.3. The van der Waals surface area contributed by atoms with Gasteiger partial charge >= 0.3 is 5.69 Å². The molecule has 2 aromatic rings. The number of nitrogens with one attached hydrogen (secondary N) is 1. The fraction of sp³-hybridized carbons (Fsp3) is 0.391. The minimum Gasteiger partial charge on any atom is -0.376 e. The van der Waals surface area contributed by atoms with Crippen molar-refractivity contribution in [3.63, 3.8) is 0 Å². The van der Waals surface area contributed by atoms with Crippen molar-refractivity contribution in [3.05, 3.63) is 51.5 Å². The lowest BCUT2D eigenvalue weighted by molar-refractivity contribution is -0.383. The summed E-state index contributed by atoms with van der Waals surface area (Å²) in [5, 5.41) is 24.2. The van der Waals surface area contributed by atoms with E-state index in [0.717, 1.165) is 6.07 Å². The largest absolute Gasteiger partial charge is 0.376 e. The van der Waals surface area contributed by atoms with Gasteiger partial charge in [0.15, 0.2) is 5.69 Å². The lowest BCUT2D eigenvalue weighted by Gasteiger charge is -2.31. The number of nitrogens with zero attached hydrogens (tertiary/aromatic N) is 3. The summed E-state index contributed by atoms with van der Waals surface area (Å²) >= 11 is 0. The number of nitro groups is 1. The van der Waals surface area contributed by atoms with Gasteiger partial charge in [0.05, 0.1) is 22.1 Å². The van der Waals surface area contributed by atoms with Crippen LogP contribution in [0, 0.1) is 38.7 Å². The average Bonchev–Trinajstić information content (AvgIpc) is 2.65. The zero-order valence-electron chi connectivity index (χ0n) is 18.9. The van der Waals surface area contributed by atoms with Crippen molar-refractivity contribution in [1.82, 2.24) is 4.98 Å². The third-order valence-corrected chi connectivity index (χ3v) is 9.91. The van der Waals surface area contributed by atoms with Crippen molar-refractivity contribution in [3.8, 4) is 28.8 Å². The van der Waals surface area contributed by atoms with Crippen molar-refractivity contribution in [2.45, 2.75) is 58.8 Å². The van der Waals surface area contributed by atoms with Crippen LogP contribution in [0.1, 0.15) is 45.7 Å². The van der Waals surface area contributed by atoms with Gasteiger partial charge in [-0.2, -0.15) is 5.26 Å². The number of anilines is 1. The minimum atomic E-state index is -1.97. The van der Waals surface area contributed by atoms with Crippen LogP contribution in [0.2, 0.25) is 18.1 Å². The maximum absolute atomic E-state index is 14.6. The Kier molecular flexibility index (Phi) is 6.88. The van der Waals surface area contributed by atoms with E-state index < -0.39 is 18.8 Å². The molecule has 0 fully saturated rings. The predicted molar refractivity (Wildman–Crippen MR) is 124 cm³/mol. The van der Waals surface area contributed by atoms with Crippen LogP contribution in [0.15, 0.2) is 24.4 Å². The zero-order valence-corrected chi connectivity index (χ0v) is 19.9. The molecule has 1 aromatic heterocycles. The minimum absolute atomic E-state index is 0.0244. The molecule has 1 aromatic carbocycles. The summed E-state index contributed by atoms with van der Waals surface area (Å²) in [6.45, 7) is 14.4. The van der Waals surface area contributed by atoms with E-state index in [0.29, 0.717) is 5.56 Å². The molecule has 0 radical (unpaired) electrons. The quantitative estimate of drug-likeness (QED) is 0.278. The highest BCUT2D eigenvalue weighted by Gasteiger charge is 2.34. The molecular formula is C23H27FN4O2Si. The molecule has 1 N–H and O–H groups in total. The second kappa shape index (κ2) is 8.87. The van der Waals surface area contributed by atoms with Crippen LogP contribution in [0.25, 0.3) is 11.3 Å². The Balaban J connectivity index is 2.79. The van der Waals surface area contributed by atoms with E-state index in [-0.39, 0.29) is 39.3 Å². The first-order valence-electron chi connectivity index (χ1n) is 9.95. The molecule has 6 nitrogen and oxygen atoms in total. The molecule has 1 heterocycles. The third-order valence-electron chi connectivity index (χ3n) is 5.41. The summed E-state index contributed by atoms with van der Waals surface area (Å²) in [6.07, 6.45) is 1.45. The molecule has 0 atom stereocenters. The molecule has 8 heteroatoms. The molecule has 162 valence electrons. The summed E-state index contributed by atoms with van der Waals surface area (Å²) in [6, 6.07) is 5.52. The molecule has 0 spiro atoms. The highest BCUT2D eigenvalue weighted by molar-refractivity contribution is 6.87. The number of benzene rings is 1. The lowest BCUT2D eigenvalue weighted by Crippen LogP contribution is -2.35. The summed E-state index contributed by atoms with van der Waals surface area (Å²) in [5.41, 5.74) is 3.63. The second-order valence-electron chi connectivity index (χ2n) is 9.23. The van der Waals surface area contributed by atoms with Gasteiger partial charge in [0.1, 0.15) is 19.6 Å². The van der Waals surface area contributed by atoms with E-state index in [9.17, 15) is 14.5 Å². The Bertz CT molecular complexity index is 1120. The maximum atomic E-state index is 14.6. The molecule has 0 saturated carbocycles. The Morgan fingerprint density at radius 2 is 1.94 bits per heavy atom. The summed E-state index contributed by atoms with van der Waals surface area (Å²) in [7, 11) is -1.97. The molecule has 0 saturated heterocycles. The van der Waals surface area contributed by atoms with E-state index in [4.69, 9.17) is 5.26 Å². The Labute approximate surface area is 183 Å². The first-order valence-corrected chi connectivity index (χ1v) is 13.0. The monoisotopic (exact) mass is 438 g/mol. The smallest absolute Gasteiger partial charge is 0.319 e. The summed E-state index contributed by atoms with van der Waals surface area (Å²) < 4.78 is 14.6. The Morgan fingerprint density at radius 1 is 1.29 bits per heavy atom. The van der Waals surface area contributed by atoms with E-state index in [1.807, 2.05) is 19.9 Å². The number of pyridine rings is 1. The second-order valence-corrected chi connectivity index (χ2v) is 14.2. The third kappa shape index (κ3) is 5.28. The standard InChI is InChI=1S/C23H27FN4O2Si/c1-15(2)27-20-17(10-11-31(6,7)23(3,4)5)14-26-21(22(20)28(29)30)18-9-8-16(13-25)12-19(18)24/h8-9,12,14-15H,1-7H3,(H,26,27). The van der Waals surface area contributed by atoms with Crippen LogP contribution in [0.3, 0.4) is 0 Å². The van der Waals surface area contributed by atoms with Gasteiger partial charge in [-0.25, -0.2) is 9.37 Å². The summed E-state index contributed by atoms with van der Waals surface area (Å²) in [5.74, 6) is 2.37. The van der Waals surface area contributed by atoms with Crippen LogP contribution in [0.4, 0.5) is 15.8 Å². The van der Waals surface area contributed by atoms with Gasteiger partial charge in [0, 0.05) is 17.8 Å². The van der Waals surface area contributed by atoms with Crippen molar-refractivity contribution < 1.29 is 9.31 Å². The van der Waals surface area contributed by atoms with Gasteiger partial charge in [-0.3, -0.25) is 10.1 Å². The van der Waals surface area contributed by atoms with Gasteiger partial charge < -0.3 is 5.32 Å². The number of hydrogen-bond donors (Lipinski definition) is 1. The topological polar surface area (TPSA) is 91.8 Å². The van der Waals surface area contributed by atoms with Crippen LogP contribution in [-0.4, -0.2) is 24.0 Å². The first-order chi connectivity index (χ1) is 14.3. The fourth-order valence-corrected chi connectivity index (χ4v) is 3.42. The Morgan fingerprint density at radius 3 is 2.42 bits per heavy atom. The van der Waals surface area contributed by atoms with Crippen LogP contribution < -0.4 is 5.32 Å². The predicted octanol–water partition coefficient (Wildman–Crippen LogP) is 5.89. The van der Waals surface area contributed by atoms with Gasteiger partial charge in [0.25, 0.3) is 0 Å². The van der Waals surface area contributed by atoms with Crippen molar-refractivity contribution in [2.75, 3.05) is 5.32 Å². The molecule has 0 aliphatic carbocycles. The molecule has 0 aliphatic heterocycles. The lowest BCUT2D eigenvalue weighted by atomic mass is 10.0. The van der Waals surface area contributed by atoms with Crippen LogP contribution >= 0.6 is 0 Å². The number of nitriles is 1. The molecule has 2 rings (SSSR count). The van der Waals surface area contributed by atoms with E-state index in [1.165, 1.54) is 18.3 Å². The molecule has 31 heavy (non-hydrogen) atoms. The number of aromatic nitrogens is 1. The normalized spacial score (nSPS) is 11.5. The zero-order chi connectivity index (χ0) is 23.6. The average molecular weight is 439 g/mol. The maximum Gasteiger partial charge on any atom is 0.319 e. The fourth-order valence-electron chi connectivity index (χ4n) is 2.59. The summed E-state index contributed by atoms with van der Waals surface area (Å²) in [4.78, 5) is 15.7. The van der Waals surface area contributed by atoms with Gasteiger partial charge in [0.2, 0.25) is 0 Å².